The van der Waals surface area contributed by atoms with Crippen molar-refractivity contribution < 1.29 is 13.5 Å². The number of nitrogens with zero attached hydrogens (tertiary/aromatic N) is 2. The summed E-state index contributed by atoms with van der Waals surface area (Å²) in [4.78, 5) is 6.17. The SMILES string of the molecule is CN=C(NCCc1cccc(F)c1)NCc1ccc(N2CCOCC2)c(F)c1.I. The van der Waals surface area contributed by atoms with E-state index in [9.17, 15) is 8.78 Å². The van der Waals surface area contributed by atoms with Gasteiger partial charge in [0.1, 0.15) is 11.6 Å². The van der Waals surface area contributed by atoms with E-state index in [1.807, 2.05) is 23.1 Å². The summed E-state index contributed by atoms with van der Waals surface area (Å²) in [7, 11) is 1.68. The Hall–Kier alpha value is -1.94. The Bertz CT molecular complexity index is 813. The zero-order valence-electron chi connectivity index (χ0n) is 16.5. The number of hydrogen-bond donors (Lipinski definition) is 2. The molecule has 0 atom stereocenters. The fourth-order valence-electron chi connectivity index (χ4n) is 3.15. The summed E-state index contributed by atoms with van der Waals surface area (Å²) in [5, 5.41) is 6.36. The number of nitrogens with one attached hydrogen (secondary N) is 2. The average molecular weight is 516 g/mol. The van der Waals surface area contributed by atoms with Crippen molar-refractivity contribution in [1.29, 1.82) is 0 Å². The van der Waals surface area contributed by atoms with E-state index in [0.717, 1.165) is 11.1 Å². The van der Waals surface area contributed by atoms with Crippen LogP contribution in [0.4, 0.5) is 14.5 Å². The number of aliphatic imine (C=N–C) groups is 1. The van der Waals surface area contributed by atoms with Crippen molar-refractivity contribution in [3.8, 4) is 0 Å². The molecule has 0 spiro atoms. The standard InChI is InChI=1S/C21H26F2N4O.HI/c1-24-21(25-8-7-16-3-2-4-18(22)13-16)26-15-17-5-6-20(19(23)14-17)27-9-11-28-12-10-27;/h2-6,13-14H,7-12,15H2,1H3,(H2,24,25,26);1H. The maximum absolute atomic E-state index is 14.5. The molecule has 3 rings (SSSR count). The van der Waals surface area contributed by atoms with Crippen LogP contribution >= 0.6 is 24.0 Å². The van der Waals surface area contributed by atoms with Gasteiger partial charge < -0.3 is 20.3 Å². The maximum Gasteiger partial charge on any atom is 0.191 e. The molecule has 8 heteroatoms. The molecule has 0 aliphatic carbocycles. The van der Waals surface area contributed by atoms with Gasteiger partial charge in [0, 0.05) is 33.2 Å². The Morgan fingerprint density at radius 1 is 1.07 bits per heavy atom. The van der Waals surface area contributed by atoms with Crippen molar-refractivity contribution in [3.63, 3.8) is 0 Å². The van der Waals surface area contributed by atoms with Gasteiger partial charge in [-0.25, -0.2) is 8.78 Å². The molecule has 2 N–H and O–H groups in total. The number of benzene rings is 2. The van der Waals surface area contributed by atoms with Gasteiger partial charge in [-0.15, -0.1) is 24.0 Å². The van der Waals surface area contributed by atoms with Gasteiger partial charge in [0.25, 0.3) is 0 Å². The van der Waals surface area contributed by atoms with E-state index in [-0.39, 0.29) is 35.6 Å². The van der Waals surface area contributed by atoms with E-state index in [0.29, 0.717) is 57.5 Å². The zero-order valence-corrected chi connectivity index (χ0v) is 18.8. The number of guanidine groups is 1. The van der Waals surface area contributed by atoms with Crippen LogP contribution in [0, 0.1) is 11.6 Å². The van der Waals surface area contributed by atoms with E-state index in [1.165, 1.54) is 12.1 Å². The van der Waals surface area contributed by atoms with Crippen molar-refractivity contribution in [3.05, 3.63) is 65.2 Å². The third-order valence-corrected chi connectivity index (χ3v) is 4.64. The summed E-state index contributed by atoms with van der Waals surface area (Å²) in [6.45, 7) is 3.74. The molecule has 0 aromatic heterocycles. The fraction of sp³-hybridized carbons (Fsp3) is 0.381. The maximum atomic E-state index is 14.5. The molecule has 0 amide bonds. The van der Waals surface area contributed by atoms with E-state index in [4.69, 9.17) is 4.74 Å². The van der Waals surface area contributed by atoms with Gasteiger partial charge in [0.05, 0.1) is 18.9 Å². The molecule has 1 aliphatic rings. The first-order chi connectivity index (χ1) is 13.7. The van der Waals surface area contributed by atoms with Gasteiger partial charge >= 0.3 is 0 Å². The van der Waals surface area contributed by atoms with E-state index in [1.54, 1.807) is 19.2 Å². The van der Waals surface area contributed by atoms with Crippen LogP contribution in [-0.4, -0.2) is 45.9 Å². The Labute approximate surface area is 187 Å². The Balaban J connectivity index is 0.00000300. The smallest absolute Gasteiger partial charge is 0.191 e. The van der Waals surface area contributed by atoms with Crippen molar-refractivity contribution in [1.82, 2.24) is 10.6 Å². The molecular formula is C21H27F2IN4O. The highest BCUT2D eigenvalue weighted by Gasteiger charge is 2.15. The Morgan fingerprint density at radius 3 is 2.55 bits per heavy atom. The van der Waals surface area contributed by atoms with Crippen molar-refractivity contribution in [2.45, 2.75) is 13.0 Å². The predicted molar refractivity (Wildman–Crippen MR) is 123 cm³/mol. The number of morpholine rings is 1. The number of ether oxygens (including phenoxy) is 1. The van der Waals surface area contributed by atoms with Crippen LogP contribution in [0.2, 0.25) is 0 Å². The quantitative estimate of drug-likeness (QED) is 0.352. The average Bonchev–Trinajstić information content (AvgIpc) is 2.71. The number of halogens is 3. The van der Waals surface area contributed by atoms with Crippen LogP contribution in [0.1, 0.15) is 11.1 Å². The number of rotatable bonds is 6. The first-order valence-corrected chi connectivity index (χ1v) is 9.46. The normalized spacial score (nSPS) is 14.3. The van der Waals surface area contributed by atoms with Gasteiger partial charge in [-0.2, -0.15) is 0 Å². The minimum atomic E-state index is -0.234. The lowest BCUT2D eigenvalue weighted by Crippen LogP contribution is -2.38. The van der Waals surface area contributed by atoms with Gasteiger partial charge in [-0.1, -0.05) is 18.2 Å². The first-order valence-electron chi connectivity index (χ1n) is 9.46. The summed E-state index contributed by atoms with van der Waals surface area (Å²) >= 11 is 0. The van der Waals surface area contributed by atoms with Crippen LogP contribution in [0.25, 0.3) is 0 Å². The van der Waals surface area contributed by atoms with Gasteiger partial charge in [-0.3, -0.25) is 4.99 Å². The topological polar surface area (TPSA) is 48.9 Å². The third kappa shape index (κ3) is 7.11. The highest BCUT2D eigenvalue weighted by molar-refractivity contribution is 14.0. The molecule has 5 nitrogen and oxygen atoms in total. The van der Waals surface area contributed by atoms with Crippen molar-refractivity contribution in [2.24, 2.45) is 4.99 Å². The third-order valence-electron chi connectivity index (χ3n) is 4.64. The van der Waals surface area contributed by atoms with Gasteiger partial charge in [0.2, 0.25) is 0 Å². The van der Waals surface area contributed by atoms with E-state index < -0.39 is 0 Å². The van der Waals surface area contributed by atoms with E-state index >= 15 is 0 Å². The summed E-state index contributed by atoms with van der Waals surface area (Å²) in [5.74, 6) is 0.159. The Morgan fingerprint density at radius 2 is 1.86 bits per heavy atom. The van der Waals surface area contributed by atoms with Crippen molar-refractivity contribution >= 4 is 35.6 Å². The lowest BCUT2D eigenvalue weighted by atomic mass is 10.1. The zero-order chi connectivity index (χ0) is 19.8. The second-order valence-electron chi connectivity index (χ2n) is 6.62. The molecule has 2 aromatic carbocycles. The molecule has 0 unspecified atom stereocenters. The van der Waals surface area contributed by atoms with Crippen molar-refractivity contribution in [2.75, 3.05) is 44.8 Å². The summed E-state index contributed by atoms with van der Waals surface area (Å²) < 4.78 is 33.0. The fourth-order valence-corrected chi connectivity index (χ4v) is 3.15. The molecule has 0 bridgehead atoms. The molecular weight excluding hydrogens is 489 g/mol. The minimum Gasteiger partial charge on any atom is -0.378 e. The molecule has 2 aromatic rings. The van der Waals surface area contributed by atoms with Crippen LogP contribution in [-0.2, 0) is 17.7 Å². The monoisotopic (exact) mass is 516 g/mol. The molecule has 0 radical (unpaired) electrons. The van der Waals surface area contributed by atoms with Crippen LogP contribution in [0.3, 0.4) is 0 Å². The molecule has 1 heterocycles. The summed E-state index contributed by atoms with van der Waals surface area (Å²) in [6, 6.07) is 11.8. The van der Waals surface area contributed by atoms with Crippen LogP contribution in [0.5, 0.6) is 0 Å². The summed E-state index contributed by atoms with van der Waals surface area (Å²) in [6.07, 6.45) is 0.682. The number of hydrogen-bond acceptors (Lipinski definition) is 3. The highest BCUT2D eigenvalue weighted by atomic mass is 127. The van der Waals surface area contributed by atoms with E-state index in [2.05, 4.69) is 15.6 Å². The second-order valence-corrected chi connectivity index (χ2v) is 6.62. The highest BCUT2D eigenvalue weighted by Crippen LogP contribution is 2.21. The molecule has 158 valence electrons. The van der Waals surface area contributed by atoms with Gasteiger partial charge in [-0.05, 0) is 41.8 Å². The van der Waals surface area contributed by atoms with Crippen LogP contribution < -0.4 is 15.5 Å². The lowest BCUT2D eigenvalue weighted by Gasteiger charge is -2.29. The predicted octanol–water partition coefficient (Wildman–Crippen LogP) is 3.33. The largest absolute Gasteiger partial charge is 0.378 e. The second kappa shape index (κ2) is 11.9. The summed E-state index contributed by atoms with van der Waals surface area (Å²) in [5.41, 5.74) is 2.37. The molecule has 0 saturated carbocycles. The molecule has 29 heavy (non-hydrogen) atoms. The van der Waals surface area contributed by atoms with Crippen LogP contribution in [0.15, 0.2) is 47.5 Å². The number of anilines is 1. The van der Waals surface area contributed by atoms with Gasteiger partial charge in [0.15, 0.2) is 5.96 Å². The molecule has 1 aliphatic heterocycles. The lowest BCUT2D eigenvalue weighted by molar-refractivity contribution is 0.122. The first kappa shape index (κ1) is 23.3. The molecule has 1 fully saturated rings. The minimum absolute atomic E-state index is 0. The Kier molecular flexibility index (Phi) is 9.59. The molecule has 1 saturated heterocycles.